The summed E-state index contributed by atoms with van der Waals surface area (Å²) in [6.07, 6.45) is 5.52. The lowest BCUT2D eigenvalue weighted by Crippen LogP contribution is -2.26. The third-order valence-corrected chi connectivity index (χ3v) is 3.68. The van der Waals surface area contributed by atoms with E-state index in [-0.39, 0.29) is 11.9 Å². The number of aromatic nitrogens is 1. The van der Waals surface area contributed by atoms with Crippen molar-refractivity contribution in [3.8, 4) is 0 Å². The summed E-state index contributed by atoms with van der Waals surface area (Å²) in [6, 6.07) is 11.6. The first kappa shape index (κ1) is 14.6. The van der Waals surface area contributed by atoms with Gasteiger partial charge >= 0.3 is 0 Å². The number of carbonyl (C=O) groups is 1. The Bertz CT molecular complexity index is 572. The van der Waals surface area contributed by atoms with E-state index in [1.807, 2.05) is 43.3 Å². The van der Waals surface area contributed by atoms with Crippen LogP contribution in [-0.4, -0.2) is 17.1 Å². The molecular formula is C16H18N2OS. The molecule has 20 heavy (non-hydrogen) atoms. The zero-order chi connectivity index (χ0) is 14.4. The van der Waals surface area contributed by atoms with Crippen LogP contribution in [0.4, 0.5) is 0 Å². The van der Waals surface area contributed by atoms with Crippen LogP contribution in [-0.2, 0) is 5.75 Å². The average Bonchev–Trinajstić information content (AvgIpc) is 2.48. The molecule has 3 nitrogen and oxygen atoms in total. The quantitative estimate of drug-likeness (QED) is 0.915. The number of hydrogen-bond acceptors (Lipinski definition) is 3. The summed E-state index contributed by atoms with van der Waals surface area (Å²) < 4.78 is 0. The Balaban J connectivity index is 2.06. The van der Waals surface area contributed by atoms with Crippen molar-refractivity contribution in [3.63, 3.8) is 0 Å². The minimum absolute atomic E-state index is 0.0327. The van der Waals surface area contributed by atoms with Crippen LogP contribution in [0.25, 0.3) is 0 Å². The molecule has 0 aliphatic rings. The van der Waals surface area contributed by atoms with E-state index in [2.05, 4.69) is 16.6 Å². The van der Waals surface area contributed by atoms with Gasteiger partial charge in [0, 0.05) is 23.7 Å². The second kappa shape index (κ2) is 7.10. The molecule has 0 unspecified atom stereocenters. The molecule has 0 aliphatic heterocycles. The fourth-order valence-corrected chi connectivity index (χ4v) is 2.50. The van der Waals surface area contributed by atoms with E-state index in [1.165, 1.54) is 5.56 Å². The van der Waals surface area contributed by atoms with Crippen LogP contribution >= 0.6 is 11.8 Å². The van der Waals surface area contributed by atoms with Crippen molar-refractivity contribution in [2.45, 2.75) is 18.7 Å². The lowest BCUT2D eigenvalue weighted by molar-refractivity contribution is 0.0940. The Morgan fingerprint density at radius 1 is 1.30 bits per heavy atom. The number of pyridine rings is 1. The van der Waals surface area contributed by atoms with Crippen molar-refractivity contribution in [2.24, 2.45) is 0 Å². The van der Waals surface area contributed by atoms with Crippen molar-refractivity contribution in [3.05, 3.63) is 65.5 Å². The van der Waals surface area contributed by atoms with E-state index >= 15 is 0 Å². The van der Waals surface area contributed by atoms with Gasteiger partial charge in [-0.25, -0.2) is 0 Å². The Morgan fingerprint density at radius 3 is 2.75 bits per heavy atom. The Morgan fingerprint density at radius 2 is 2.05 bits per heavy atom. The van der Waals surface area contributed by atoms with Crippen molar-refractivity contribution >= 4 is 17.7 Å². The first-order valence-corrected chi connectivity index (χ1v) is 7.88. The van der Waals surface area contributed by atoms with Crippen molar-refractivity contribution in [1.29, 1.82) is 0 Å². The zero-order valence-electron chi connectivity index (χ0n) is 11.7. The molecule has 1 atom stereocenters. The fourth-order valence-electron chi connectivity index (χ4n) is 1.98. The number of carbonyl (C=O) groups excluding carboxylic acids is 1. The predicted octanol–water partition coefficient (Wildman–Crippen LogP) is 3.44. The molecule has 0 fully saturated rings. The number of benzene rings is 1. The summed E-state index contributed by atoms with van der Waals surface area (Å²) in [5.74, 6) is 0.873. The highest BCUT2D eigenvalue weighted by atomic mass is 32.2. The average molecular weight is 286 g/mol. The van der Waals surface area contributed by atoms with Gasteiger partial charge in [-0.05, 0) is 48.6 Å². The Hall–Kier alpha value is -1.81. The molecule has 2 rings (SSSR count). The van der Waals surface area contributed by atoms with Crippen LogP contribution in [0, 0.1) is 0 Å². The van der Waals surface area contributed by atoms with Gasteiger partial charge in [-0.15, -0.1) is 0 Å². The molecule has 1 aromatic heterocycles. The molecule has 1 heterocycles. The van der Waals surface area contributed by atoms with Gasteiger partial charge in [0.15, 0.2) is 0 Å². The molecule has 0 spiro atoms. The topological polar surface area (TPSA) is 42.0 Å². The molecule has 4 heteroatoms. The van der Waals surface area contributed by atoms with E-state index in [0.29, 0.717) is 5.56 Å². The largest absolute Gasteiger partial charge is 0.346 e. The molecule has 1 aromatic carbocycles. The van der Waals surface area contributed by atoms with Crippen LogP contribution in [0.5, 0.6) is 0 Å². The summed E-state index contributed by atoms with van der Waals surface area (Å²) in [5.41, 5.74) is 2.92. The van der Waals surface area contributed by atoms with E-state index in [1.54, 1.807) is 24.2 Å². The number of hydrogen-bond donors (Lipinski definition) is 1. The van der Waals surface area contributed by atoms with Crippen molar-refractivity contribution in [1.82, 2.24) is 10.3 Å². The smallest absolute Gasteiger partial charge is 0.251 e. The van der Waals surface area contributed by atoms with E-state index in [4.69, 9.17) is 0 Å². The predicted molar refractivity (Wildman–Crippen MR) is 83.8 cm³/mol. The van der Waals surface area contributed by atoms with Crippen molar-refractivity contribution in [2.75, 3.05) is 6.26 Å². The highest BCUT2D eigenvalue weighted by Crippen LogP contribution is 2.14. The highest BCUT2D eigenvalue weighted by molar-refractivity contribution is 7.97. The molecule has 1 N–H and O–H groups in total. The SMILES string of the molecule is CSCc1cccc(C(=O)N[C@@H](C)c2ccncc2)c1. The number of nitrogens with zero attached hydrogens (tertiary/aromatic N) is 1. The lowest BCUT2D eigenvalue weighted by Gasteiger charge is -2.14. The fraction of sp³-hybridized carbons (Fsp3) is 0.250. The van der Waals surface area contributed by atoms with Gasteiger partial charge in [-0.1, -0.05) is 12.1 Å². The van der Waals surface area contributed by atoms with Gasteiger partial charge < -0.3 is 5.32 Å². The summed E-state index contributed by atoms with van der Waals surface area (Å²) in [7, 11) is 0. The minimum Gasteiger partial charge on any atom is -0.346 e. The van der Waals surface area contributed by atoms with Gasteiger partial charge in [-0.3, -0.25) is 9.78 Å². The first-order valence-electron chi connectivity index (χ1n) is 6.49. The maximum atomic E-state index is 12.3. The monoisotopic (exact) mass is 286 g/mol. The maximum Gasteiger partial charge on any atom is 0.251 e. The molecule has 0 saturated carbocycles. The van der Waals surface area contributed by atoms with Crippen LogP contribution < -0.4 is 5.32 Å². The van der Waals surface area contributed by atoms with E-state index in [9.17, 15) is 4.79 Å². The molecule has 0 saturated heterocycles. The summed E-state index contributed by atoms with van der Waals surface area (Å²) >= 11 is 1.75. The zero-order valence-corrected chi connectivity index (χ0v) is 12.5. The molecule has 104 valence electrons. The van der Waals surface area contributed by atoms with Crippen molar-refractivity contribution < 1.29 is 4.79 Å². The Labute approximate surface area is 123 Å². The van der Waals surface area contributed by atoms with E-state index < -0.39 is 0 Å². The summed E-state index contributed by atoms with van der Waals surface area (Å²) in [6.45, 7) is 1.97. The molecule has 0 radical (unpaired) electrons. The number of thioether (sulfide) groups is 1. The normalized spacial score (nSPS) is 11.9. The summed E-state index contributed by atoms with van der Waals surface area (Å²) in [5, 5.41) is 3.01. The maximum absolute atomic E-state index is 12.3. The minimum atomic E-state index is -0.0442. The number of nitrogens with one attached hydrogen (secondary N) is 1. The van der Waals surface area contributed by atoms with Gasteiger partial charge in [-0.2, -0.15) is 11.8 Å². The van der Waals surface area contributed by atoms with Gasteiger partial charge in [0.25, 0.3) is 5.91 Å². The molecular weight excluding hydrogens is 268 g/mol. The number of rotatable bonds is 5. The molecule has 0 bridgehead atoms. The second-order valence-corrected chi connectivity index (χ2v) is 5.48. The summed E-state index contributed by atoms with van der Waals surface area (Å²) in [4.78, 5) is 16.2. The second-order valence-electron chi connectivity index (χ2n) is 4.61. The van der Waals surface area contributed by atoms with Crippen LogP contribution in [0.1, 0.15) is 34.5 Å². The van der Waals surface area contributed by atoms with Crippen LogP contribution in [0.3, 0.4) is 0 Å². The van der Waals surface area contributed by atoms with Gasteiger partial charge in [0.2, 0.25) is 0 Å². The van der Waals surface area contributed by atoms with E-state index in [0.717, 1.165) is 11.3 Å². The van der Waals surface area contributed by atoms with Crippen LogP contribution in [0.15, 0.2) is 48.8 Å². The highest BCUT2D eigenvalue weighted by Gasteiger charge is 2.11. The molecule has 0 aliphatic carbocycles. The first-order chi connectivity index (χ1) is 9.70. The third-order valence-electron chi connectivity index (χ3n) is 3.05. The Kier molecular flexibility index (Phi) is 5.18. The van der Waals surface area contributed by atoms with Crippen LogP contribution in [0.2, 0.25) is 0 Å². The lowest BCUT2D eigenvalue weighted by atomic mass is 10.1. The van der Waals surface area contributed by atoms with Gasteiger partial charge in [0.1, 0.15) is 0 Å². The molecule has 2 aromatic rings. The van der Waals surface area contributed by atoms with Gasteiger partial charge in [0.05, 0.1) is 6.04 Å². The third kappa shape index (κ3) is 3.84. The number of amides is 1. The standard InChI is InChI=1S/C16H18N2OS/c1-12(14-6-8-17-9-7-14)18-16(19)15-5-3-4-13(10-15)11-20-2/h3-10,12H,11H2,1-2H3,(H,18,19)/t12-/m0/s1. The molecule has 1 amide bonds.